The van der Waals surface area contributed by atoms with E-state index in [2.05, 4.69) is 4.98 Å². The smallest absolute Gasteiger partial charge is 0.306 e. The first-order chi connectivity index (χ1) is 12.1. The molecule has 0 atom stereocenters. The van der Waals surface area contributed by atoms with Crippen molar-refractivity contribution in [3.05, 3.63) is 65.1 Å². The number of hydrogen-bond donors (Lipinski definition) is 1. The zero-order valence-corrected chi connectivity index (χ0v) is 14.4. The number of rotatable bonds is 3. The van der Waals surface area contributed by atoms with Crippen LogP contribution in [0.2, 0.25) is 0 Å². The van der Waals surface area contributed by atoms with E-state index in [9.17, 15) is 13.2 Å². The lowest BCUT2D eigenvalue weighted by molar-refractivity contribution is 0.274. The van der Waals surface area contributed by atoms with Gasteiger partial charge in [-0.25, -0.2) is 13.2 Å². The largest absolute Gasteiger partial charge is 0.326 e. The first-order valence-corrected chi connectivity index (χ1v) is 9.76. The molecule has 4 rings (SSSR count). The molecule has 0 spiro atoms. The van der Waals surface area contributed by atoms with Crippen molar-refractivity contribution >= 4 is 21.1 Å². The molecular formula is C18H19N3O3S. The number of aromatic amines is 1. The Kier molecular flexibility index (Phi) is 3.97. The summed E-state index contributed by atoms with van der Waals surface area (Å²) in [5.74, 6) is 0. The van der Waals surface area contributed by atoms with Gasteiger partial charge in [-0.05, 0) is 37.1 Å². The number of nitrogens with one attached hydrogen (secondary N) is 1. The van der Waals surface area contributed by atoms with Crippen LogP contribution in [0.25, 0.3) is 11.0 Å². The van der Waals surface area contributed by atoms with Crippen LogP contribution in [0, 0.1) is 0 Å². The number of fused-ring (bicyclic) bond motifs is 1. The Hall–Kier alpha value is -2.38. The Morgan fingerprint density at radius 2 is 1.56 bits per heavy atom. The lowest BCUT2D eigenvalue weighted by Crippen LogP contribution is -2.40. The standard InChI is InChI=1S/C18H19N3O3S/c22-18-19-16-8-4-5-9-17(16)21(18)14-10-12-20(13-11-14)25(23,24)15-6-2-1-3-7-15/h1-9,14H,10-13H2,(H,19,22). The maximum Gasteiger partial charge on any atom is 0.326 e. The summed E-state index contributed by atoms with van der Waals surface area (Å²) in [5.41, 5.74) is 1.55. The summed E-state index contributed by atoms with van der Waals surface area (Å²) in [5, 5.41) is 0. The molecule has 130 valence electrons. The van der Waals surface area contributed by atoms with Crippen LogP contribution in [0.4, 0.5) is 0 Å². The highest BCUT2D eigenvalue weighted by Gasteiger charge is 2.30. The predicted molar refractivity (Wildman–Crippen MR) is 96.0 cm³/mol. The second-order valence-electron chi connectivity index (χ2n) is 6.27. The van der Waals surface area contributed by atoms with Gasteiger partial charge in [0.15, 0.2) is 0 Å². The molecule has 0 radical (unpaired) electrons. The monoisotopic (exact) mass is 357 g/mol. The number of benzene rings is 2. The van der Waals surface area contributed by atoms with Crippen molar-refractivity contribution in [1.29, 1.82) is 0 Å². The molecule has 1 fully saturated rings. The molecule has 1 N–H and O–H groups in total. The summed E-state index contributed by atoms with van der Waals surface area (Å²) < 4.78 is 28.7. The second kappa shape index (κ2) is 6.16. The average Bonchev–Trinajstić information content (AvgIpc) is 2.98. The van der Waals surface area contributed by atoms with E-state index in [1.165, 1.54) is 4.31 Å². The van der Waals surface area contributed by atoms with Crippen LogP contribution in [0.5, 0.6) is 0 Å². The van der Waals surface area contributed by atoms with Crippen molar-refractivity contribution in [3.63, 3.8) is 0 Å². The summed E-state index contributed by atoms with van der Waals surface area (Å²) in [6.45, 7) is 0.821. The number of imidazole rings is 1. The second-order valence-corrected chi connectivity index (χ2v) is 8.20. The fraction of sp³-hybridized carbons (Fsp3) is 0.278. The Labute approximate surface area is 145 Å². The third kappa shape index (κ3) is 2.79. The minimum Gasteiger partial charge on any atom is -0.306 e. The molecule has 2 heterocycles. The summed E-state index contributed by atoms with van der Waals surface area (Å²) in [4.78, 5) is 15.5. The van der Waals surface area contributed by atoms with Gasteiger partial charge in [0.25, 0.3) is 0 Å². The van der Waals surface area contributed by atoms with E-state index >= 15 is 0 Å². The molecule has 2 aromatic carbocycles. The van der Waals surface area contributed by atoms with E-state index in [1.807, 2.05) is 24.3 Å². The van der Waals surface area contributed by atoms with Gasteiger partial charge in [0.05, 0.1) is 15.9 Å². The molecule has 3 aromatic rings. The highest BCUT2D eigenvalue weighted by molar-refractivity contribution is 7.89. The van der Waals surface area contributed by atoms with Crippen molar-refractivity contribution in [1.82, 2.24) is 13.9 Å². The van der Waals surface area contributed by atoms with Gasteiger partial charge < -0.3 is 4.98 Å². The van der Waals surface area contributed by atoms with Gasteiger partial charge in [-0.15, -0.1) is 0 Å². The fourth-order valence-electron chi connectivity index (χ4n) is 3.52. The van der Waals surface area contributed by atoms with Crippen LogP contribution in [0.3, 0.4) is 0 Å². The molecule has 7 heteroatoms. The molecule has 6 nitrogen and oxygen atoms in total. The minimum absolute atomic E-state index is 0.00544. The van der Waals surface area contributed by atoms with E-state index in [-0.39, 0.29) is 11.7 Å². The Balaban J connectivity index is 1.58. The van der Waals surface area contributed by atoms with Gasteiger partial charge in [0.1, 0.15) is 0 Å². The fourth-order valence-corrected chi connectivity index (χ4v) is 5.01. The van der Waals surface area contributed by atoms with E-state index in [0.29, 0.717) is 30.8 Å². The van der Waals surface area contributed by atoms with Crippen LogP contribution in [0.1, 0.15) is 18.9 Å². The van der Waals surface area contributed by atoms with Crippen LogP contribution < -0.4 is 5.69 Å². The quantitative estimate of drug-likeness (QED) is 0.782. The molecule has 0 bridgehead atoms. The van der Waals surface area contributed by atoms with Crippen molar-refractivity contribution < 1.29 is 8.42 Å². The Morgan fingerprint density at radius 3 is 2.28 bits per heavy atom. The highest BCUT2D eigenvalue weighted by Crippen LogP contribution is 2.28. The van der Waals surface area contributed by atoms with Gasteiger partial charge in [-0.2, -0.15) is 4.31 Å². The number of hydrogen-bond acceptors (Lipinski definition) is 3. The molecule has 0 aliphatic carbocycles. The first kappa shape index (κ1) is 16.1. The van der Waals surface area contributed by atoms with E-state index in [1.54, 1.807) is 34.9 Å². The minimum atomic E-state index is -3.47. The molecule has 1 aliphatic heterocycles. The normalized spacial score (nSPS) is 17.1. The highest BCUT2D eigenvalue weighted by atomic mass is 32.2. The van der Waals surface area contributed by atoms with E-state index in [4.69, 9.17) is 0 Å². The lowest BCUT2D eigenvalue weighted by Gasteiger charge is -2.31. The number of para-hydroxylation sites is 2. The summed E-state index contributed by atoms with van der Waals surface area (Å²) >= 11 is 0. The molecule has 1 saturated heterocycles. The Bertz CT molecular complexity index is 1050. The third-order valence-electron chi connectivity index (χ3n) is 4.79. The maximum atomic E-state index is 12.7. The van der Waals surface area contributed by atoms with Crippen LogP contribution >= 0.6 is 0 Å². The van der Waals surface area contributed by atoms with Gasteiger partial charge >= 0.3 is 5.69 Å². The van der Waals surface area contributed by atoms with Gasteiger partial charge in [0.2, 0.25) is 10.0 Å². The molecule has 0 amide bonds. The van der Waals surface area contributed by atoms with Crippen LogP contribution in [0.15, 0.2) is 64.3 Å². The predicted octanol–water partition coefficient (Wildman–Crippen LogP) is 2.36. The van der Waals surface area contributed by atoms with Crippen molar-refractivity contribution in [3.8, 4) is 0 Å². The molecule has 1 aromatic heterocycles. The van der Waals surface area contributed by atoms with Gasteiger partial charge in [-0.1, -0.05) is 30.3 Å². The van der Waals surface area contributed by atoms with Gasteiger partial charge in [-0.3, -0.25) is 4.57 Å². The average molecular weight is 357 g/mol. The zero-order chi connectivity index (χ0) is 17.4. The van der Waals surface area contributed by atoms with E-state index in [0.717, 1.165) is 11.0 Å². The lowest BCUT2D eigenvalue weighted by atomic mass is 10.1. The topological polar surface area (TPSA) is 75.2 Å². The van der Waals surface area contributed by atoms with Crippen molar-refractivity contribution in [2.24, 2.45) is 0 Å². The maximum absolute atomic E-state index is 12.7. The summed E-state index contributed by atoms with van der Waals surface area (Å²) in [7, 11) is -3.47. The SMILES string of the molecule is O=c1[nH]c2ccccc2n1C1CCN(S(=O)(=O)c2ccccc2)CC1. The van der Waals surface area contributed by atoms with Crippen LogP contribution in [-0.2, 0) is 10.0 Å². The number of aromatic nitrogens is 2. The van der Waals surface area contributed by atoms with Gasteiger partial charge in [0, 0.05) is 19.1 Å². The molecule has 25 heavy (non-hydrogen) atoms. The zero-order valence-electron chi connectivity index (χ0n) is 13.6. The van der Waals surface area contributed by atoms with Crippen LogP contribution in [-0.4, -0.2) is 35.4 Å². The molecule has 0 saturated carbocycles. The summed E-state index contributed by atoms with van der Waals surface area (Å²) in [6.07, 6.45) is 1.24. The van der Waals surface area contributed by atoms with E-state index < -0.39 is 10.0 Å². The molecular weight excluding hydrogens is 338 g/mol. The number of nitrogens with zero attached hydrogens (tertiary/aromatic N) is 2. The number of piperidine rings is 1. The molecule has 1 aliphatic rings. The van der Waals surface area contributed by atoms with Crippen molar-refractivity contribution in [2.75, 3.05) is 13.1 Å². The Morgan fingerprint density at radius 1 is 0.920 bits per heavy atom. The summed E-state index contributed by atoms with van der Waals surface area (Å²) in [6, 6.07) is 16.1. The number of sulfonamides is 1. The molecule has 0 unspecified atom stereocenters. The first-order valence-electron chi connectivity index (χ1n) is 8.32. The number of H-pyrrole nitrogens is 1. The van der Waals surface area contributed by atoms with Crippen molar-refractivity contribution in [2.45, 2.75) is 23.8 Å². The third-order valence-corrected chi connectivity index (χ3v) is 6.71.